The van der Waals surface area contributed by atoms with E-state index < -0.39 is 0 Å². The monoisotopic (exact) mass is 340 g/mol. The number of ether oxygens (including phenoxy) is 1. The second-order valence-electron chi connectivity index (χ2n) is 9.31. The lowest BCUT2D eigenvalue weighted by molar-refractivity contribution is -0.147. The molecule has 0 heterocycles. The van der Waals surface area contributed by atoms with Crippen molar-refractivity contribution in [3.05, 3.63) is 0 Å². The fourth-order valence-corrected chi connectivity index (χ4v) is 4.23. The molecule has 0 saturated heterocycles. The molecule has 2 heteroatoms. The fraction of sp³-hybridized carbons (Fsp3) is 0.955. The predicted octanol–water partition coefficient (Wildman–Crippen LogP) is 7.01. The van der Waals surface area contributed by atoms with Crippen LogP contribution in [0.5, 0.6) is 0 Å². The minimum Gasteiger partial charge on any atom is -0.469 e. The Labute approximate surface area is 152 Å². The van der Waals surface area contributed by atoms with Crippen LogP contribution in [0.1, 0.15) is 106 Å². The maximum absolute atomic E-state index is 12.3. The molecule has 0 aliphatic rings. The molecular weight excluding hydrogens is 296 g/mol. The van der Waals surface area contributed by atoms with E-state index in [1.54, 1.807) is 0 Å². The Kier molecular flexibility index (Phi) is 10.9. The molecule has 0 aromatic heterocycles. The Morgan fingerprint density at radius 2 is 1.50 bits per heavy atom. The van der Waals surface area contributed by atoms with E-state index in [0.29, 0.717) is 5.41 Å². The lowest BCUT2D eigenvalue weighted by Gasteiger charge is -2.33. The zero-order valence-electron chi connectivity index (χ0n) is 17.8. The third-order valence-electron chi connectivity index (χ3n) is 5.55. The molecule has 0 aliphatic carbocycles. The molecule has 0 aromatic carbocycles. The molecule has 0 N–H and O–H groups in total. The third-order valence-corrected chi connectivity index (χ3v) is 5.55. The highest BCUT2D eigenvalue weighted by Gasteiger charge is 2.31. The Morgan fingerprint density at radius 1 is 0.875 bits per heavy atom. The van der Waals surface area contributed by atoms with Crippen molar-refractivity contribution < 1.29 is 9.53 Å². The van der Waals surface area contributed by atoms with E-state index in [-0.39, 0.29) is 17.3 Å². The van der Waals surface area contributed by atoms with Crippen LogP contribution >= 0.6 is 0 Å². The van der Waals surface area contributed by atoms with Gasteiger partial charge in [0.05, 0.1) is 13.0 Å². The summed E-state index contributed by atoms with van der Waals surface area (Å²) in [6, 6.07) is 0. The fourth-order valence-electron chi connectivity index (χ4n) is 4.23. The van der Waals surface area contributed by atoms with Crippen molar-refractivity contribution in [2.75, 3.05) is 7.11 Å². The summed E-state index contributed by atoms with van der Waals surface area (Å²) in [6.45, 7) is 16.1. The molecule has 2 atom stereocenters. The zero-order chi connectivity index (χ0) is 18.8. The Morgan fingerprint density at radius 3 is 1.96 bits per heavy atom. The molecule has 2 unspecified atom stereocenters. The van der Waals surface area contributed by atoms with Crippen LogP contribution in [0.25, 0.3) is 0 Å². The zero-order valence-corrected chi connectivity index (χ0v) is 17.8. The van der Waals surface area contributed by atoms with Crippen LogP contribution in [-0.2, 0) is 9.53 Å². The van der Waals surface area contributed by atoms with Gasteiger partial charge in [0, 0.05) is 0 Å². The summed E-state index contributed by atoms with van der Waals surface area (Å²) in [7, 11) is 1.53. The molecule has 0 spiro atoms. The van der Waals surface area contributed by atoms with Crippen LogP contribution in [0, 0.1) is 22.7 Å². The molecule has 0 amide bonds. The second-order valence-corrected chi connectivity index (χ2v) is 9.31. The van der Waals surface area contributed by atoms with Gasteiger partial charge in [-0.15, -0.1) is 0 Å². The Hall–Kier alpha value is -0.530. The SMILES string of the molecule is CCCC(CC)CC(C)(C)CC(CCC(C)(C)CCC)C(=O)OC. The van der Waals surface area contributed by atoms with Gasteiger partial charge in [-0.25, -0.2) is 0 Å². The number of hydrogen-bond acceptors (Lipinski definition) is 2. The molecule has 0 bridgehead atoms. The van der Waals surface area contributed by atoms with Crippen LogP contribution in [0.4, 0.5) is 0 Å². The van der Waals surface area contributed by atoms with Gasteiger partial charge in [-0.2, -0.15) is 0 Å². The largest absolute Gasteiger partial charge is 0.469 e. The summed E-state index contributed by atoms with van der Waals surface area (Å²) in [5.41, 5.74) is 0.517. The number of carbonyl (C=O) groups is 1. The molecule has 0 aliphatic heterocycles. The topological polar surface area (TPSA) is 26.3 Å². The summed E-state index contributed by atoms with van der Waals surface area (Å²) < 4.78 is 5.12. The van der Waals surface area contributed by atoms with E-state index >= 15 is 0 Å². The van der Waals surface area contributed by atoms with Gasteiger partial charge in [0.2, 0.25) is 0 Å². The second kappa shape index (κ2) is 11.2. The standard InChI is InChI=1S/C22H44O2/c1-9-12-18(11-3)16-22(6,7)17-19(20(23)24-8)13-15-21(4,5)14-10-2/h18-19H,9-17H2,1-8H3. The molecule has 24 heavy (non-hydrogen) atoms. The van der Waals surface area contributed by atoms with Crippen molar-refractivity contribution in [2.45, 2.75) is 106 Å². The van der Waals surface area contributed by atoms with E-state index in [9.17, 15) is 4.79 Å². The molecule has 0 fully saturated rings. The van der Waals surface area contributed by atoms with E-state index in [1.165, 1.54) is 45.6 Å². The molecular formula is C22H44O2. The summed E-state index contributed by atoms with van der Waals surface area (Å²) in [5.74, 6) is 0.805. The number of carbonyl (C=O) groups excluding carboxylic acids is 1. The van der Waals surface area contributed by atoms with Crippen molar-refractivity contribution in [3.8, 4) is 0 Å². The average Bonchev–Trinajstić information content (AvgIpc) is 2.49. The lowest BCUT2D eigenvalue weighted by Crippen LogP contribution is -2.27. The van der Waals surface area contributed by atoms with Crippen molar-refractivity contribution in [1.29, 1.82) is 0 Å². The smallest absolute Gasteiger partial charge is 0.308 e. The first-order chi connectivity index (χ1) is 11.1. The summed E-state index contributed by atoms with van der Waals surface area (Å²) in [4.78, 5) is 12.3. The maximum Gasteiger partial charge on any atom is 0.308 e. The highest BCUT2D eigenvalue weighted by Crippen LogP contribution is 2.39. The molecule has 0 saturated carbocycles. The Bertz CT molecular complexity index is 344. The quantitative estimate of drug-likeness (QED) is 0.337. The van der Waals surface area contributed by atoms with Gasteiger partial charge in [-0.3, -0.25) is 4.79 Å². The molecule has 0 aromatic rings. The van der Waals surface area contributed by atoms with Crippen molar-refractivity contribution >= 4 is 5.97 Å². The summed E-state index contributed by atoms with van der Waals surface area (Å²) in [5, 5.41) is 0. The van der Waals surface area contributed by atoms with Crippen molar-refractivity contribution in [1.82, 2.24) is 0 Å². The van der Waals surface area contributed by atoms with E-state index in [0.717, 1.165) is 25.2 Å². The lowest BCUT2D eigenvalue weighted by atomic mass is 9.72. The number of hydrogen-bond donors (Lipinski definition) is 0. The Balaban J connectivity index is 4.84. The van der Waals surface area contributed by atoms with Crippen molar-refractivity contribution in [2.24, 2.45) is 22.7 Å². The minimum atomic E-state index is -0.0149. The third kappa shape index (κ3) is 9.69. The van der Waals surface area contributed by atoms with Gasteiger partial charge >= 0.3 is 5.97 Å². The van der Waals surface area contributed by atoms with Gasteiger partial charge in [-0.05, 0) is 48.9 Å². The molecule has 0 rings (SSSR count). The predicted molar refractivity (Wildman–Crippen MR) is 105 cm³/mol. The van der Waals surface area contributed by atoms with Gasteiger partial charge < -0.3 is 4.74 Å². The number of methoxy groups -OCH3 is 1. The minimum absolute atomic E-state index is 0.0149. The summed E-state index contributed by atoms with van der Waals surface area (Å²) >= 11 is 0. The van der Waals surface area contributed by atoms with Gasteiger partial charge in [0.25, 0.3) is 0 Å². The molecule has 2 nitrogen and oxygen atoms in total. The van der Waals surface area contributed by atoms with Gasteiger partial charge in [0.15, 0.2) is 0 Å². The number of esters is 1. The van der Waals surface area contributed by atoms with E-state index in [1.807, 2.05) is 0 Å². The van der Waals surface area contributed by atoms with Crippen molar-refractivity contribution in [3.63, 3.8) is 0 Å². The average molecular weight is 341 g/mol. The number of rotatable bonds is 13. The van der Waals surface area contributed by atoms with Crippen LogP contribution in [0.15, 0.2) is 0 Å². The normalized spacial score (nSPS) is 15.2. The van der Waals surface area contributed by atoms with Crippen LogP contribution in [0.3, 0.4) is 0 Å². The van der Waals surface area contributed by atoms with Gasteiger partial charge in [0.1, 0.15) is 0 Å². The van der Waals surface area contributed by atoms with Crippen LogP contribution in [0.2, 0.25) is 0 Å². The first-order valence-electron chi connectivity index (χ1n) is 10.2. The van der Waals surface area contributed by atoms with Crippen LogP contribution < -0.4 is 0 Å². The maximum atomic E-state index is 12.3. The highest BCUT2D eigenvalue weighted by atomic mass is 16.5. The summed E-state index contributed by atoms with van der Waals surface area (Å²) in [6.07, 6.45) is 10.4. The van der Waals surface area contributed by atoms with E-state index in [4.69, 9.17) is 4.74 Å². The molecule has 0 radical (unpaired) electrons. The van der Waals surface area contributed by atoms with E-state index in [2.05, 4.69) is 48.5 Å². The molecule has 144 valence electrons. The highest BCUT2D eigenvalue weighted by molar-refractivity contribution is 5.72. The first-order valence-corrected chi connectivity index (χ1v) is 10.2. The van der Waals surface area contributed by atoms with Crippen LogP contribution in [-0.4, -0.2) is 13.1 Å². The van der Waals surface area contributed by atoms with Gasteiger partial charge in [-0.1, -0.05) is 74.1 Å². The first kappa shape index (κ1) is 23.5.